The van der Waals surface area contributed by atoms with E-state index in [2.05, 4.69) is 20.8 Å². The summed E-state index contributed by atoms with van der Waals surface area (Å²) in [7, 11) is 0. The van der Waals surface area contributed by atoms with E-state index in [9.17, 15) is 9.59 Å². The second-order valence-corrected chi connectivity index (χ2v) is 7.15. The zero-order valence-corrected chi connectivity index (χ0v) is 17.3. The molecule has 0 aliphatic rings. The molecule has 0 saturated carbocycles. The summed E-state index contributed by atoms with van der Waals surface area (Å²) < 4.78 is 5.28. The lowest BCUT2D eigenvalue weighted by molar-refractivity contribution is -0.116. The summed E-state index contributed by atoms with van der Waals surface area (Å²) in [5.74, 6) is 0.543. The van der Waals surface area contributed by atoms with E-state index in [1.165, 1.54) is 0 Å². The van der Waals surface area contributed by atoms with E-state index in [1.807, 2.05) is 48.5 Å². The molecule has 0 saturated heterocycles. The molecule has 0 spiro atoms. The molecular formula is C25H22N4O3. The summed E-state index contributed by atoms with van der Waals surface area (Å²) in [4.78, 5) is 29.5. The number of rotatable bonds is 8. The molecule has 7 heteroatoms. The number of nitrogens with one attached hydrogen (secondary N) is 2. The van der Waals surface area contributed by atoms with Crippen LogP contribution in [0.3, 0.4) is 0 Å². The quantitative estimate of drug-likeness (QED) is 0.415. The number of carbonyl (C=O) groups excluding carboxylic acids is 2. The lowest BCUT2D eigenvalue weighted by Gasteiger charge is -2.11. The molecule has 1 aromatic heterocycles. The lowest BCUT2D eigenvalue weighted by Crippen LogP contribution is -2.18. The van der Waals surface area contributed by atoms with Crippen molar-refractivity contribution in [1.29, 1.82) is 0 Å². The summed E-state index contributed by atoms with van der Waals surface area (Å²) in [6.45, 7) is 0. The van der Waals surface area contributed by atoms with Crippen LogP contribution in [0.1, 0.15) is 29.1 Å². The van der Waals surface area contributed by atoms with Crippen molar-refractivity contribution in [3.63, 3.8) is 0 Å². The highest BCUT2D eigenvalue weighted by molar-refractivity contribution is 6.10. The van der Waals surface area contributed by atoms with Gasteiger partial charge in [-0.15, -0.1) is 0 Å². The van der Waals surface area contributed by atoms with Gasteiger partial charge in [-0.05, 0) is 30.7 Å². The fourth-order valence-corrected chi connectivity index (χ4v) is 3.18. The van der Waals surface area contributed by atoms with Crippen LogP contribution < -0.4 is 10.6 Å². The Morgan fingerprint density at radius 3 is 2.28 bits per heavy atom. The van der Waals surface area contributed by atoms with Gasteiger partial charge in [0.15, 0.2) is 0 Å². The van der Waals surface area contributed by atoms with Crippen LogP contribution in [0.15, 0.2) is 89.5 Å². The Morgan fingerprint density at radius 1 is 0.812 bits per heavy atom. The molecule has 0 bridgehead atoms. The monoisotopic (exact) mass is 426 g/mol. The van der Waals surface area contributed by atoms with Gasteiger partial charge in [-0.3, -0.25) is 9.59 Å². The van der Waals surface area contributed by atoms with E-state index in [1.54, 1.807) is 36.4 Å². The Bertz CT molecular complexity index is 1190. The first-order valence-electron chi connectivity index (χ1n) is 10.3. The highest BCUT2D eigenvalue weighted by Crippen LogP contribution is 2.19. The Hall–Kier alpha value is -4.26. The van der Waals surface area contributed by atoms with Crippen LogP contribution in [0.25, 0.3) is 11.4 Å². The number of amides is 2. The van der Waals surface area contributed by atoms with Crippen LogP contribution >= 0.6 is 0 Å². The minimum Gasteiger partial charge on any atom is -0.339 e. The molecule has 4 rings (SSSR count). The van der Waals surface area contributed by atoms with Gasteiger partial charge in [-0.25, -0.2) is 0 Å². The van der Waals surface area contributed by atoms with E-state index in [4.69, 9.17) is 4.52 Å². The van der Waals surface area contributed by atoms with Gasteiger partial charge in [0.2, 0.25) is 17.6 Å². The number of hydrogen-bond donors (Lipinski definition) is 2. The van der Waals surface area contributed by atoms with E-state index < -0.39 is 0 Å². The first kappa shape index (κ1) is 21.0. The second-order valence-electron chi connectivity index (χ2n) is 7.15. The van der Waals surface area contributed by atoms with Crippen LogP contribution in [0.5, 0.6) is 0 Å². The molecule has 0 atom stereocenters. The fourth-order valence-electron chi connectivity index (χ4n) is 3.18. The predicted octanol–water partition coefficient (Wildman–Crippen LogP) is 4.95. The number of aromatic nitrogens is 2. The number of carbonyl (C=O) groups is 2. The molecule has 0 aliphatic carbocycles. The van der Waals surface area contributed by atoms with Crippen molar-refractivity contribution in [1.82, 2.24) is 10.1 Å². The standard InChI is InChI=1S/C25H22N4O3/c30-22(16-9-17-23-28-24(29-32-23)18-10-3-1-4-11-18)27-21-15-8-7-14-20(21)25(31)26-19-12-5-2-6-13-19/h1-8,10-15H,9,16-17H2,(H,26,31)(H,27,30). The summed E-state index contributed by atoms with van der Waals surface area (Å²) in [6, 6.07) is 25.7. The molecule has 7 nitrogen and oxygen atoms in total. The van der Waals surface area contributed by atoms with Gasteiger partial charge in [0.05, 0.1) is 11.3 Å². The molecule has 32 heavy (non-hydrogen) atoms. The van der Waals surface area contributed by atoms with Crippen molar-refractivity contribution < 1.29 is 14.1 Å². The molecule has 0 radical (unpaired) electrons. The molecule has 3 aromatic carbocycles. The number of nitrogens with zero attached hydrogens (tertiary/aromatic N) is 2. The molecule has 4 aromatic rings. The molecule has 0 aliphatic heterocycles. The summed E-state index contributed by atoms with van der Waals surface area (Å²) in [5, 5.41) is 9.65. The van der Waals surface area contributed by atoms with Crippen molar-refractivity contribution in [2.45, 2.75) is 19.3 Å². The molecular weight excluding hydrogens is 404 g/mol. The Morgan fingerprint density at radius 2 is 1.50 bits per heavy atom. The Balaban J connectivity index is 1.31. The summed E-state index contributed by atoms with van der Waals surface area (Å²) in [6.07, 6.45) is 1.29. The van der Waals surface area contributed by atoms with Gasteiger partial charge in [0.25, 0.3) is 5.91 Å². The van der Waals surface area contributed by atoms with Gasteiger partial charge in [0.1, 0.15) is 0 Å². The van der Waals surface area contributed by atoms with E-state index in [0.29, 0.717) is 41.5 Å². The molecule has 2 N–H and O–H groups in total. The maximum atomic E-state index is 12.6. The first-order valence-corrected chi connectivity index (χ1v) is 10.3. The van der Waals surface area contributed by atoms with Gasteiger partial charge in [-0.2, -0.15) is 4.98 Å². The van der Waals surface area contributed by atoms with Crippen molar-refractivity contribution in [3.05, 3.63) is 96.4 Å². The van der Waals surface area contributed by atoms with Gasteiger partial charge in [-0.1, -0.05) is 65.8 Å². The van der Waals surface area contributed by atoms with E-state index >= 15 is 0 Å². The third-order valence-corrected chi connectivity index (χ3v) is 4.77. The zero-order valence-electron chi connectivity index (χ0n) is 17.3. The Kier molecular flexibility index (Phi) is 6.67. The van der Waals surface area contributed by atoms with Crippen LogP contribution in [0, 0.1) is 0 Å². The van der Waals surface area contributed by atoms with Crippen LogP contribution in [-0.2, 0) is 11.2 Å². The van der Waals surface area contributed by atoms with E-state index in [0.717, 1.165) is 5.56 Å². The number of hydrogen-bond acceptors (Lipinski definition) is 5. The highest BCUT2D eigenvalue weighted by Gasteiger charge is 2.14. The minimum absolute atomic E-state index is 0.187. The van der Waals surface area contributed by atoms with Crippen molar-refractivity contribution in [2.75, 3.05) is 10.6 Å². The molecule has 160 valence electrons. The number of aryl methyl sites for hydroxylation is 1. The smallest absolute Gasteiger partial charge is 0.257 e. The second kappa shape index (κ2) is 10.2. The molecule has 2 amide bonds. The number of para-hydroxylation sites is 2. The van der Waals surface area contributed by atoms with Gasteiger partial charge >= 0.3 is 0 Å². The van der Waals surface area contributed by atoms with Crippen molar-refractivity contribution >= 4 is 23.2 Å². The number of benzene rings is 3. The van der Waals surface area contributed by atoms with Crippen LogP contribution in [0.4, 0.5) is 11.4 Å². The topological polar surface area (TPSA) is 97.1 Å². The maximum Gasteiger partial charge on any atom is 0.257 e. The third-order valence-electron chi connectivity index (χ3n) is 4.77. The molecule has 0 unspecified atom stereocenters. The average molecular weight is 426 g/mol. The largest absolute Gasteiger partial charge is 0.339 e. The van der Waals surface area contributed by atoms with Crippen LogP contribution in [0.2, 0.25) is 0 Å². The SMILES string of the molecule is O=C(CCCc1nc(-c2ccccc2)no1)Nc1ccccc1C(=O)Nc1ccccc1. The molecule has 0 fully saturated rings. The van der Waals surface area contributed by atoms with Crippen molar-refractivity contribution in [3.8, 4) is 11.4 Å². The maximum absolute atomic E-state index is 12.6. The summed E-state index contributed by atoms with van der Waals surface area (Å²) in [5.41, 5.74) is 2.43. The summed E-state index contributed by atoms with van der Waals surface area (Å²) >= 11 is 0. The highest BCUT2D eigenvalue weighted by atomic mass is 16.5. The zero-order chi connectivity index (χ0) is 22.2. The third kappa shape index (κ3) is 5.46. The Labute approximate surface area is 185 Å². The fraction of sp³-hybridized carbons (Fsp3) is 0.120. The normalized spacial score (nSPS) is 10.5. The average Bonchev–Trinajstić information content (AvgIpc) is 3.29. The number of anilines is 2. The lowest BCUT2D eigenvalue weighted by atomic mass is 10.1. The van der Waals surface area contributed by atoms with Gasteiger partial charge < -0.3 is 15.2 Å². The minimum atomic E-state index is -0.286. The predicted molar refractivity (Wildman–Crippen MR) is 122 cm³/mol. The first-order chi connectivity index (χ1) is 15.7. The van der Waals surface area contributed by atoms with Gasteiger partial charge in [0, 0.05) is 24.1 Å². The van der Waals surface area contributed by atoms with Crippen molar-refractivity contribution in [2.24, 2.45) is 0 Å². The van der Waals surface area contributed by atoms with Crippen LogP contribution in [-0.4, -0.2) is 22.0 Å². The molecule has 1 heterocycles. The van der Waals surface area contributed by atoms with E-state index in [-0.39, 0.29) is 18.2 Å².